The standard InChI is InChI=1S/C8H8ClN3O2/c9-4-6(13)14-5-2-1-3-12-7(5)8(10)11/h1-3H,4H2,(H3,10,11). The Hall–Kier alpha value is -1.62. The summed E-state index contributed by atoms with van der Waals surface area (Å²) in [6.07, 6.45) is 1.45. The second-order valence-corrected chi connectivity index (χ2v) is 2.64. The Bertz CT molecular complexity index is 367. The summed E-state index contributed by atoms with van der Waals surface area (Å²) in [6.45, 7) is 0. The molecule has 0 aliphatic carbocycles. The van der Waals surface area contributed by atoms with Crippen LogP contribution in [0.15, 0.2) is 18.3 Å². The molecule has 1 rings (SSSR count). The fourth-order valence-corrected chi connectivity index (χ4v) is 0.880. The number of aromatic nitrogens is 1. The van der Waals surface area contributed by atoms with E-state index in [1.807, 2.05) is 0 Å². The summed E-state index contributed by atoms with van der Waals surface area (Å²) in [5.74, 6) is -0.984. The Morgan fingerprint density at radius 3 is 3.00 bits per heavy atom. The molecule has 0 atom stereocenters. The molecule has 0 aliphatic rings. The number of nitrogen functional groups attached to an aromatic ring is 1. The molecule has 6 heteroatoms. The van der Waals surface area contributed by atoms with Crippen molar-refractivity contribution in [2.45, 2.75) is 0 Å². The normalized spacial score (nSPS) is 9.50. The van der Waals surface area contributed by atoms with Gasteiger partial charge in [0.15, 0.2) is 5.75 Å². The highest BCUT2D eigenvalue weighted by atomic mass is 35.5. The van der Waals surface area contributed by atoms with Gasteiger partial charge in [-0.3, -0.25) is 10.2 Å². The van der Waals surface area contributed by atoms with Crippen molar-refractivity contribution in [3.8, 4) is 5.75 Å². The van der Waals surface area contributed by atoms with Gasteiger partial charge in [0.2, 0.25) is 0 Å². The van der Waals surface area contributed by atoms with Crippen LogP contribution in [0.1, 0.15) is 5.69 Å². The Kier molecular flexibility index (Phi) is 3.41. The van der Waals surface area contributed by atoms with Crippen LogP contribution < -0.4 is 10.5 Å². The van der Waals surface area contributed by atoms with Crippen LogP contribution in [0.2, 0.25) is 0 Å². The van der Waals surface area contributed by atoms with E-state index in [1.54, 1.807) is 6.07 Å². The van der Waals surface area contributed by atoms with E-state index in [0.717, 1.165) is 0 Å². The molecule has 14 heavy (non-hydrogen) atoms. The molecule has 1 heterocycles. The summed E-state index contributed by atoms with van der Waals surface area (Å²) in [5, 5.41) is 7.17. The number of carbonyl (C=O) groups is 1. The summed E-state index contributed by atoms with van der Waals surface area (Å²) in [5.41, 5.74) is 5.36. The molecule has 3 N–H and O–H groups in total. The van der Waals surface area contributed by atoms with Crippen molar-refractivity contribution in [1.82, 2.24) is 4.98 Å². The smallest absolute Gasteiger partial charge is 0.326 e. The van der Waals surface area contributed by atoms with E-state index in [9.17, 15) is 4.79 Å². The van der Waals surface area contributed by atoms with Crippen LogP contribution in [0.3, 0.4) is 0 Å². The van der Waals surface area contributed by atoms with Crippen LogP contribution in [-0.2, 0) is 4.79 Å². The number of hydrogen-bond donors (Lipinski definition) is 2. The predicted molar refractivity (Wildman–Crippen MR) is 51.6 cm³/mol. The summed E-state index contributed by atoms with van der Waals surface area (Å²) in [4.78, 5) is 14.7. The topological polar surface area (TPSA) is 89.1 Å². The molecule has 0 bridgehead atoms. The molecule has 0 spiro atoms. The van der Waals surface area contributed by atoms with E-state index in [1.165, 1.54) is 12.3 Å². The van der Waals surface area contributed by atoms with Crippen LogP contribution in [0.25, 0.3) is 0 Å². The number of pyridine rings is 1. The van der Waals surface area contributed by atoms with Crippen LogP contribution in [0.4, 0.5) is 0 Å². The van der Waals surface area contributed by atoms with Crippen molar-refractivity contribution in [3.63, 3.8) is 0 Å². The molecule has 0 unspecified atom stereocenters. The van der Waals surface area contributed by atoms with Gasteiger partial charge in [-0.05, 0) is 12.1 Å². The minimum absolute atomic E-state index is 0.131. The van der Waals surface area contributed by atoms with E-state index in [4.69, 9.17) is 27.5 Å². The van der Waals surface area contributed by atoms with Crippen LogP contribution in [0, 0.1) is 5.41 Å². The van der Waals surface area contributed by atoms with Crippen molar-refractivity contribution < 1.29 is 9.53 Å². The summed E-state index contributed by atoms with van der Waals surface area (Å²) < 4.78 is 4.80. The Morgan fingerprint density at radius 2 is 2.43 bits per heavy atom. The molecule has 0 saturated carbocycles. The van der Waals surface area contributed by atoms with Crippen LogP contribution in [0.5, 0.6) is 5.75 Å². The van der Waals surface area contributed by atoms with E-state index in [2.05, 4.69) is 4.98 Å². The average Bonchev–Trinajstić information content (AvgIpc) is 2.18. The number of amidine groups is 1. The van der Waals surface area contributed by atoms with Crippen molar-refractivity contribution in [1.29, 1.82) is 5.41 Å². The van der Waals surface area contributed by atoms with Gasteiger partial charge in [0.05, 0.1) is 0 Å². The zero-order valence-electron chi connectivity index (χ0n) is 7.16. The van der Waals surface area contributed by atoms with Gasteiger partial charge in [0, 0.05) is 6.20 Å². The summed E-state index contributed by atoms with van der Waals surface area (Å²) in [6, 6.07) is 3.07. The Balaban J connectivity index is 2.95. The minimum Gasteiger partial charge on any atom is -0.423 e. The van der Waals surface area contributed by atoms with Crippen molar-refractivity contribution in [2.75, 3.05) is 5.88 Å². The van der Waals surface area contributed by atoms with Gasteiger partial charge in [-0.1, -0.05) is 0 Å². The van der Waals surface area contributed by atoms with E-state index in [0.29, 0.717) is 0 Å². The highest BCUT2D eigenvalue weighted by molar-refractivity contribution is 6.26. The van der Waals surface area contributed by atoms with Gasteiger partial charge in [0.25, 0.3) is 0 Å². The molecule has 0 radical (unpaired) electrons. The SMILES string of the molecule is N=C(N)c1ncccc1OC(=O)CCl. The van der Waals surface area contributed by atoms with E-state index in [-0.39, 0.29) is 23.2 Å². The number of alkyl halides is 1. The van der Waals surface area contributed by atoms with Gasteiger partial charge in [-0.15, -0.1) is 11.6 Å². The first-order chi connectivity index (χ1) is 6.65. The number of esters is 1. The molecule has 0 saturated heterocycles. The second kappa shape index (κ2) is 4.57. The molecule has 0 amide bonds. The van der Waals surface area contributed by atoms with Gasteiger partial charge >= 0.3 is 5.97 Å². The van der Waals surface area contributed by atoms with Gasteiger partial charge < -0.3 is 10.5 Å². The monoisotopic (exact) mass is 213 g/mol. The maximum Gasteiger partial charge on any atom is 0.326 e. The zero-order valence-corrected chi connectivity index (χ0v) is 7.91. The lowest BCUT2D eigenvalue weighted by molar-refractivity contribution is -0.131. The highest BCUT2D eigenvalue weighted by Gasteiger charge is 2.10. The number of carbonyl (C=O) groups excluding carboxylic acids is 1. The number of hydrogen-bond acceptors (Lipinski definition) is 4. The number of nitrogens with zero attached hydrogens (tertiary/aromatic N) is 1. The fraction of sp³-hybridized carbons (Fsp3) is 0.125. The van der Waals surface area contributed by atoms with Gasteiger partial charge in [0.1, 0.15) is 17.4 Å². The number of rotatable bonds is 3. The molecule has 5 nitrogen and oxygen atoms in total. The lowest BCUT2D eigenvalue weighted by Gasteiger charge is -2.05. The molecule has 1 aromatic heterocycles. The molecular weight excluding hydrogens is 206 g/mol. The Labute approximate surface area is 85.3 Å². The first-order valence-corrected chi connectivity index (χ1v) is 4.24. The molecule has 74 valence electrons. The number of nitrogens with two attached hydrogens (primary N) is 1. The maximum absolute atomic E-state index is 10.9. The van der Waals surface area contributed by atoms with Crippen LogP contribution >= 0.6 is 11.6 Å². The predicted octanol–water partition coefficient (Wildman–Crippen LogP) is 0.510. The summed E-state index contributed by atoms with van der Waals surface area (Å²) >= 11 is 5.25. The van der Waals surface area contributed by atoms with Crippen LogP contribution in [-0.4, -0.2) is 22.7 Å². The lowest BCUT2D eigenvalue weighted by atomic mass is 10.3. The zero-order chi connectivity index (χ0) is 10.6. The molecule has 0 aliphatic heterocycles. The van der Waals surface area contributed by atoms with Crippen molar-refractivity contribution in [2.24, 2.45) is 5.73 Å². The first kappa shape index (κ1) is 10.5. The molecule has 0 fully saturated rings. The number of ether oxygens (including phenoxy) is 1. The van der Waals surface area contributed by atoms with E-state index < -0.39 is 5.97 Å². The quantitative estimate of drug-likeness (QED) is 0.331. The van der Waals surface area contributed by atoms with Crippen molar-refractivity contribution in [3.05, 3.63) is 24.0 Å². The van der Waals surface area contributed by atoms with Gasteiger partial charge in [-0.25, -0.2) is 4.98 Å². The third kappa shape index (κ3) is 2.43. The first-order valence-electron chi connectivity index (χ1n) is 3.71. The third-order valence-corrected chi connectivity index (χ3v) is 1.58. The third-order valence-electron chi connectivity index (χ3n) is 1.36. The number of nitrogens with one attached hydrogen (secondary N) is 1. The number of halogens is 1. The highest BCUT2D eigenvalue weighted by Crippen LogP contribution is 2.14. The molecular formula is C8H8ClN3O2. The molecule has 1 aromatic rings. The second-order valence-electron chi connectivity index (χ2n) is 2.37. The molecule has 0 aromatic carbocycles. The largest absolute Gasteiger partial charge is 0.423 e. The van der Waals surface area contributed by atoms with Crippen molar-refractivity contribution >= 4 is 23.4 Å². The Morgan fingerprint density at radius 1 is 1.71 bits per heavy atom. The average molecular weight is 214 g/mol. The minimum atomic E-state index is -0.609. The summed E-state index contributed by atoms with van der Waals surface area (Å²) in [7, 11) is 0. The van der Waals surface area contributed by atoms with E-state index >= 15 is 0 Å². The van der Waals surface area contributed by atoms with Gasteiger partial charge in [-0.2, -0.15) is 0 Å². The maximum atomic E-state index is 10.9. The fourth-order valence-electron chi connectivity index (χ4n) is 0.825. The lowest BCUT2D eigenvalue weighted by Crippen LogP contribution is -2.17.